The van der Waals surface area contributed by atoms with Gasteiger partial charge in [0.15, 0.2) is 0 Å². The Balaban J connectivity index is 3.01. The summed E-state index contributed by atoms with van der Waals surface area (Å²) in [5.41, 5.74) is 0.538. The SMILES string of the molecule is O=[N+]([O-])c1ccnc(CCl)c1. The largest absolute Gasteiger partial charge is 0.272 e. The van der Waals surface area contributed by atoms with E-state index < -0.39 is 4.92 Å². The number of alkyl halides is 1. The molecule has 0 saturated carbocycles. The van der Waals surface area contributed by atoms with E-state index in [2.05, 4.69) is 4.98 Å². The molecule has 0 saturated heterocycles. The highest BCUT2D eigenvalue weighted by atomic mass is 35.5. The number of rotatable bonds is 2. The summed E-state index contributed by atoms with van der Waals surface area (Å²) in [6.45, 7) is 0. The molecule has 1 rings (SSSR count). The lowest BCUT2D eigenvalue weighted by Crippen LogP contribution is -1.90. The first-order valence-corrected chi connectivity index (χ1v) is 3.43. The summed E-state index contributed by atoms with van der Waals surface area (Å²) in [5, 5.41) is 10.2. The zero-order valence-electron chi connectivity index (χ0n) is 5.53. The molecule has 0 aromatic carbocycles. The predicted molar refractivity (Wildman–Crippen MR) is 40.4 cm³/mol. The fourth-order valence-electron chi connectivity index (χ4n) is 0.652. The van der Waals surface area contributed by atoms with Crippen molar-refractivity contribution in [3.8, 4) is 0 Å². The van der Waals surface area contributed by atoms with Crippen LogP contribution < -0.4 is 0 Å². The minimum Gasteiger partial charge on any atom is -0.260 e. The number of aromatic nitrogens is 1. The average Bonchev–Trinajstić information content (AvgIpc) is 2.05. The van der Waals surface area contributed by atoms with Crippen LogP contribution in [0.1, 0.15) is 5.69 Å². The lowest BCUT2D eigenvalue weighted by molar-refractivity contribution is -0.385. The quantitative estimate of drug-likeness (QED) is 0.388. The number of nitro groups is 1. The Morgan fingerprint density at radius 2 is 2.45 bits per heavy atom. The number of nitrogens with zero attached hydrogens (tertiary/aromatic N) is 2. The Bertz CT molecular complexity index is 277. The maximum absolute atomic E-state index is 10.2. The van der Waals surface area contributed by atoms with Gasteiger partial charge in [-0.1, -0.05) is 0 Å². The second-order valence-corrected chi connectivity index (χ2v) is 2.16. The molecular weight excluding hydrogens is 168 g/mol. The third-order valence-electron chi connectivity index (χ3n) is 1.15. The number of hydrogen-bond acceptors (Lipinski definition) is 3. The van der Waals surface area contributed by atoms with E-state index >= 15 is 0 Å². The van der Waals surface area contributed by atoms with E-state index in [-0.39, 0.29) is 11.6 Å². The summed E-state index contributed by atoms with van der Waals surface area (Å²) in [5.74, 6) is 0.196. The van der Waals surface area contributed by atoms with Crippen LogP contribution in [0.5, 0.6) is 0 Å². The van der Waals surface area contributed by atoms with Crippen LogP contribution in [0.4, 0.5) is 5.69 Å². The molecule has 0 radical (unpaired) electrons. The maximum atomic E-state index is 10.2. The molecule has 0 amide bonds. The van der Waals surface area contributed by atoms with E-state index in [0.29, 0.717) is 5.69 Å². The van der Waals surface area contributed by atoms with Gasteiger partial charge >= 0.3 is 0 Å². The minimum atomic E-state index is -0.474. The molecule has 0 aliphatic carbocycles. The molecule has 0 N–H and O–H groups in total. The van der Waals surface area contributed by atoms with Crippen LogP contribution in [0.25, 0.3) is 0 Å². The highest BCUT2D eigenvalue weighted by molar-refractivity contribution is 6.16. The Morgan fingerprint density at radius 3 is 3.00 bits per heavy atom. The first-order valence-electron chi connectivity index (χ1n) is 2.89. The molecule has 1 heterocycles. The summed E-state index contributed by atoms with van der Waals surface area (Å²) < 4.78 is 0. The van der Waals surface area contributed by atoms with Crippen molar-refractivity contribution in [2.24, 2.45) is 0 Å². The van der Waals surface area contributed by atoms with E-state index in [1.165, 1.54) is 18.3 Å². The molecule has 0 aliphatic rings. The van der Waals surface area contributed by atoms with Gasteiger partial charge in [0.25, 0.3) is 5.69 Å². The molecule has 0 bridgehead atoms. The molecule has 0 fully saturated rings. The molecule has 1 aromatic heterocycles. The Hall–Kier alpha value is -1.16. The molecule has 4 nitrogen and oxygen atoms in total. The van der Waals surface area contributed by atoms with Crippen molar-refractivity contribution in [1.29, 1.82) is 0 Å². The lowest BCUT2D eigenvalue weighted by Gasteiger charge is -1.92. The van der Waals surface area contributed by atoms with E-state index in [9.17, 15) is 10.1 Å². The smallest absolute Gasteiger partial charge is 0.260 e. The van der Waals surface area contributed by atoms with Crippen molar-refractivity contribution in [2.75, 3.05) is 0 Å². The molecule has 11 heavy (non-hydrogen) atoms. The molecule has 0 unspecified atom stereocenters. The molecule has 58 valence electrons. The van der Waals surface area contributed by atoms with Gasteiger partial charge < -0.3 is 0 Å². The molecule has 1 aromatic rings. The second-order valence-electron chi connectivity index (χ2n) is 1.90. The fourth-order valence-corrected chi connectivity index (χ4v) is 0.798. The van der Waals surface area contributed by atoms with E-state index in [0.717, 1.165) is 0 Å². The van der Waals surface area contributed by atoms with Gasteiger partial charge in [-0.3, -0.25) is 15.1 Å². The fraction of sp³-hybridized carbons (Fsp3) is 0.167. The van der Waals surface area contributed by atoms with Gasteiger partial charge in [0, 0.05) is 18.3 Å². The second kappa shape index (κ2) is 3.30. The van der Waals surface area contributed by atoms with Crippen LogP contribution in [0.2, 0.25) is 0 Å². The zero-order valence-corrected chi connectivity index (χ0v) is 6.28. The van der Waals surface area contributed by atoms with Gasteiger partial charge in [0.05, 0.1) is 16.5 Å². The number of pyridine rings is 1. The summed E-state index contributed by atoms with van der Waals surface area (Å²) in [7, 11) is 0. The number of halogens is 1. The maximum Gasteiger partial charge on any atom is 0.272 e. The highest BCUT2D eigenvalue weighted by Crippen LogP contribution is 2.11. The standard InChI is InChI=1S/C6H5ClN2O2/c7-4-5-3-6(9(10)11)1-2-8-5/h1-3H,4H2. The third-order valence-corrected chi connectivity index (χ3v) is 1.42. The van der Waals surface area contributed by atoms with Crippen LogP contribution in [0.15, 0.2) is 18.3 Å². The monoisotopic (exact) mass is 172 g/mol. The molecular formula is C6H5ClN2O2. The van der Waals surface area contributed by atoms with Crippen LogP contribution in [-0.2, 0) is 5.88 Å². The molecule has 0 spiro atoms. The number of hydrogen-bond donors (Lipinski definition) is 0. The molecule has 0 aliphatic heterocycles. The van der Waals surface area contributed by atoms with E-state index in [1.807, 2.05) is 0 Å². The van der Waals surface area contributed by atoms with E-state index in [4.69, 9.17) is 11.6 Å². The first-order chi connectivity index (χ1) is 5.24. The van der Waals surface area contributed by atoms with Gasteiger partial charge in [-0.25, -0.2) is 0 Å². The predicted octanol–water partition coefficient (Wildman–Crippen LogP) is 1.73. The Morgan fingerprint density at radius 1 is 1.73 bits per heavy atom. The van der Waals surface area contributed by atoms with E-state index in [1.54, 1.807) is 0 Å². The van der Waals surface area contributed by atoms with Gasteiger partial charge in [-0.2, -0.15) is 0 Å². The van der Waals surface area contributed by atoms with Crippen molar-refractivity contribution in [3.05, 3.63) is 34.1 Å². The highest BCUT2D eigenvalue weighted by Gasteiger charge is 2.04. The summed E-state index contributed by atoms with van der Waals surface area (Å²) in [6.07, 6.45) is 1.37. The minimum absolute atomic E-state index is 0.0238. The van der Waals surface area contributed by atoms with Gasteiger partial charge in [-0.15, -0.1) is 11.6 Å². The third kappa shape index (κ3) is 1.88. The van der Waals surface area contributed by atoms with Crippen molar-refractivity contribution >= 4 is 17.3 Å². The van der Waals surface area contributed by atoms with Gasteiger partial charge in [0.2, 0.25) is 0 Å². The van der Waals surface area contributed by atoms with Crippen LogP contribution in [-0.4, -0.2) is 9.91 Å². The van der Waals surface area contributed by atoms with Gasteiger partial charge in [0.1, 0.15) is 0 Å². The summed E-state index contributed by atoms with van der Waals surface area (Å²) in [6, 6.07) is 2.68. The van der Waals surface area contributed by atoms with Crippen molar-refractivity contribution < 1.29 is 4.92 Å². The van der Waals surface area contributed by atoms with Crippen molar-refractivity contribution in [1.82, 2.24) is 4.98 Å². The van der Waals surface area contributed by atoms with Crippen LogP contribution in [0, 0.1) is 10.1 Å². The first kappa shape index (κ1) is 7.94. The van der Waals surface area contributed by atoms with Crippen LogP contribution >= 0.6 is 11.6 Å². The molecule has 5 heteroatoms. The average molecular weight is 173 g/mol. The zero-order chi connectivity index (χ0) is 8.27. The Kier molecular flexibility index (Phi) is 2.38. The normalized spacial score (nSPS) is 9.55. The van der Waals surface area contributed by atoms with Crippen LogP contribution in [0.3, 0.4) is 0 Å². The summed E-state index contributed by atoms with van der Waals surface area (Å²) in [4.78, 5) is 13.5. The van der Waals surface area contributed by atoms with Gasteiger partial charge in [-0.05, 0) is 0 Å². The summed E-state index contributed by atoms with van der Waals surface area (Å²) >= 11 is 5.42. The van der Waals surface area contributed by atoms with Crippen molar-refractivity contribution in [3.63, 3.8) is 0 Å². The Labute approximate surface area is 68.0 Å². The lowest BCUT2D eigenvalue weighted by atomic mass is 10.3. The topological polar surface area (TPSA) is 56.0 Å². The van der Waals surface area contributed by atoms with Crippen molar-refractivity contribution in [2.45, 2.75) is 5.88 Å². The molecule has 0 atom stereocenters.